The van der Waals surface area contributed by atoms with Crippen LogP contribution in [0.25, 0.3) is 11.3 Å². The Labute approximate surface area is 96.6 Å². The molecule has 0 aliphatic carbocycles. The van der Waals surface area contributed by atoms with Gasteiger partial charge in [-0.3, -0.25) is 0 Å². The van der Waals surface area contributed by atoms with Crippen molar-refractivity contribution in [3.05, 3.63) is 23.5 Å². The monoisotopic (exact) mass is 238 g/mol. The fraction of sp³-hybridized carbons (Fsp3) is 0.182. The van der Waals surface area contributed by atoms with Crippen LogP contribution in [0.4, 0.5) is 10.3 Å². The van der Waals surface area contributed by atoms with Crippen LogP contribution in [0.5, 0.6) is 11.5 Å². The first-order valence-electron chi connectivity index (χ1n) is 4.83. The van der Waals surface area contributed by atoms with Crippen LogP contribution in [-0.4, -0.2) is 17.4 Å². The minimum atomic E-state index is -0.705. The molecule has 0 bridgehead atoms. The van der Waals surface area contributed by atoms with E-state index in [2.05, 4.69) is 9.68 Å². The van der Waals surface area contributed by atoms with Gasteiger partial charge in [-0.15, -0.1) is 0 Å². The summed E-state index contributed by atoms with van der Waals surface area (Å²) in [5.74, 6) is -1.07. The van der Waals surface area contributed by atoms with Crippen molar-refractivity contribution >= 4 is 5.88 Å². The van der Waals surface area contributed by atoms with Crippen molar-refractivity contribution in [3.8, 4) is 22.8 Å². The van der Waals surface area contributed by atoms with Crippen LogP contribution in [-0.2, 0) is 0 Å². The highest BCUT2D eigenvalue weighted by molar-refractivity contribution is 5.68. The lowest BCUT2D eigenvalue weighted by Crippen LogP contribution is -1.94. The summed E-state index contributed by atoms with van der Waals surface area (Å²) < 4.78 is 23.5. The number of rotatable bonds is 2. The van der Waals surface area contributed by atoms with Crippen LogP contribution >= 0.6 is 0 Å². The molecular weight excluding hydrogens is 227 g/mol. The summed E-state index contributed by atoms with van der Waals surface area (Å²) >= 11 is 0. The van der Waals surface area contributed by atoms with Gasteiger partial charge in [0.1, 0.15) is 5.69 Å². The summed E-state index contributed by atoms with van der Waals surface area (Å²) in [6.07, 6.45) is 0. The van der Waals surface area contributed by atoms with Crippen molar-refractivity contribution in [1.29, 1.82) is 0 Å². The molecule has 0 fully saturated rings. The molecule has 0 spiro atoms. The quantitative estimate of drug-likeness (QED) is 0.837. The predicted octanol–water partition coefficient (Wildman–Crippen LogP) is 2.09. The molecule has 17 heavy (non-hydrogen) atoms. The third-order valence-electron chi connectivity index (χ3n) is 2.39. The zero-order valence-electron chi connectivity index (χ0n) is 9.32. The predicted molar refractivity (Wildman–Crippen MR) is 59.3 cm³/mol. The van der Waals surface area contributed by atoms with Crippen molar-refractivity contribution < 1.29 is 18.8 Å². The van der Waals surface area contributed by atoms with E-state index in [1.165, 1.54) is 19.2 Å². The molecule has 0 aliphatic rings. The lowest BCUT2D eigenvalue weighted by atomic mass is 10.1. The molecule has 1 aromatic heterocycles. The maximum Gasteiger partial charge on any atom is 0.222 e. The number of aryl methyl sites for hydroxylation is 1. The number of phenolic OH excluding ortho intramolecular Hbond substituents is 1. The van der Waals surface area contributed by atoms with E-state index >= 15 is 0 Å². The molecule has 0 radical (unpaired) electrons. The van der Waals surface area contributed by atoms with E-state index in [0.29, 0.717) is 5.56 Å². The Hall–Kier alpha value is -2.24. The average Bonchev–Trinajstić information content (AvgIpc) is 2.71. The van der Waals surface area contributed by atoms with E-state index in [9.17, 15) is 9.50 Å². The molecule has 2 aromatic rings. The minimum absolute atomic E-state index is 0.0871. The van der Waals surface area contributed by atoms with Gasteiger partial charge in [-0.25, -0.2) is 4.39 Å². The highest BCUT2D eigenvalue weighted by Gasteiger charge is 2.19. The second-order valence-electron chi connectivity index (χ2n) is 3.55. The van der Waals surface area contributed by atoms with Crippen molar-refractivity contribution in [2.24, 2.45) is 0 Å². The number of ether oxygens (including phenoxy) is 1. The van der Waals surface area contributed by atoms with E-state index in [4.69, 9.17) is 10.5 Å². The van der Waals surface area contributed by atoms with Crippen LogP contribution in [0.15, 0.2) is 16.7 Å². The number of benzene rings is 1. The fourth-order valence-electron chi connectivity index (χ4n) is 1.54. The Morgan fingerprint density at radius 1 is 1.47 bits per heavy atom. The highest BCUT2D eigenvalue weighted by atomic mass is 19.1. The van der Waals surface area contributed by atoms with Gasteiger partial charge in [0.25, 0.3) is 0 Å². The van der Waals surface area contributed by atoms with Gasteiger partial charge in [-0.05, 0) is 18.6 Å². The summed E-state index contributed by atoms with van der Waals surface area (Å²) in [7, 11) is 1.28. The molecule has 5 nitrogen and oxygen atoms in total. The molecule has 6 heteroatoms. The first-order valence-corrected chi connectivity index (χ1v) is 4.83. The Morgan fingerprint density at radius 3 is 2.71 bits per heavy atom. The minimum Gasteiger partial charge on any atom is -0.504 e. The summed E-state index contributed by atoms with van der Waals surface area (Å²) in [4.78, 5) is 0. The van der Waals surface area contributed by atoms with Gasteiger partial charge in [0.2, 0.25) is 5.88 Å². The third-order valence-corrected chi connectivity index (χ3v) is 2.39. The van der Waals surface area contributed by atoms with Crippen LogP contribution in [0, 0.1) is 12.7 Å². The molecule has 0 amide bonds. The standard InChI is InChI=1S/C11H11FN2O3/c1-5-3-6(7-4-8(13)17-14-7)9(12)11(16-2)10(5)15/h3-4,15H,13H2,1-2H3. The van der Waals surface area contributed by atoms with E-state index < -0.39 is 5.82 Å². The van der Waals surface area contributed by atoms with Crippen LogP contribution in [0.1, 0.15) is 5.56 Å². The molecule has 0 saturated carbocycles. The van der Waals surface area contributed by atoms with Gasteiger partial charge in [-0.2, -0.15) is 0 Å². The SMILES string of the molecule is COc1c(O)c(C)cc(-c2cc(N)on2)c1F. The molecule has 0 unspecified atom stereocenters. The van der Waals surface area contributed by atoms with Crippen molar-refractivity contribution in [1.82, 2.24) is 5.16 Å². The Kier molecular flexibility index (Phi) is 2.63. The second kappa shape index (κ2) is 3.97. The van der Waals surface area contributed by atoms with Crippen molar-refractivity contribution in [2.75, 3.05) is 12.8 Å². The van der Waals surface area contributed by atoms with E-state index in [1.54, 1.807) is 6.92 Å². The number of nitrogens with zero attached hydrogens (tertiary/aromatic N) is 1. The number of halogens is 1. The smallest absolute Gasteiger partial charge is 0.222 e. The maximum atomic E-state index is 14.0. The van der Waals surface area contributed by atoms with Crippen molar-refractivity contribution in [2.45, 2.75) is 6.92 Å². The van der Waals surface area contributed by atoms with Gasteiger partial charge >= 0.3 is 0 Å². The van der Waals surface area contributed by atoms with E-state index in [0.717, 1.165) is 0 Å². The lowest BCUT2D eigenvalue weighted by molar-refractivity contribution is 0.350. The molecule has 2 rings (SSSR count). The number of phenols is 1. The fourth-order valence-corrected chi connectivity index (χ4v) is 1.54. The van der Waals surface area contributed by atoms with E-state index in [-0.39, 0.29) is 28.6 Å². The summed E-state index contributed by atoms with van der Waals surface area (Å²) in [6, 6.07) is 2.85. The first kappa shape index (κ1) is 11.3. The summed E-state index contributed by atoms with van der Waals surface area (Å²) in [5.41, 5.74) is 6.26. The molecular formula is C11H11FN2O3. The van der Waals surface area contributed by atoms with Gasteiger partial charge in [-0.1, -0.05) is 5.16 Å². The van der Waals surface area contributed by atoms with Gasteiger partial charge in [0.05, 0.1) is 7.11 Å². The number of anilines is 1. The Morgan fingerprint density at radius 2 is 2.18 bits per heavy atom. The van der Waals surface area contributed by atoms with Crippen LogP contribution in [0.2, 0.25) is 0 Å². The largest absolute Gasteiger partial charge is 0.504 e. The second-order valence-corrected chi connectivity index (χ2v) is 3.55. The molecule has 1 heterocycles. The number of methoxy groups -OCH3 is 1. The molecule has 90 valence electrons. The number of nitrogen functional groups attached to an aromatic ring is 1. The molecule has 3 N–H and O–H groups in total. The molecule has 0 saturated heterocycles. The molecule has 0 atom stereocenters. The number of aromatic nitrogens is 1. The first-order chi connectivity index (χ1) is 8.04. The normalized spacial score (nSPS) is 10.5. The Balaban J connectivity index is 2.67. The van der Waals surface area contributed by atoms with Crippen LogP contribution in [0.3, 0.4) is 0 Å². The third kappa shape index (κ3) is 1.77. The zero-order valence-corrected chi connectivity index (χ0v) is 9.32. The maximum absolute atomic E-state index is 14.0. The van der Waals surface area contributed by atoms with E-state index in [1.807, 2.05) is 0 Å². The van der Waals surface area contributed by atoms with Gasteiger partial charge in [0.15, 0.2) is 17.3 Å². The number of hydrogen-bond acceptors (Lipinski definition) is 5. The summed E-state index contributed by atoms with van der Waals surface area (Å²) in [6.45, 7) is 1.63. The Bertz CT molecular complexity index is 566. The van der Waals surface area contributed by atoms with Gasteiger partial charge in [0, 0.05) is 11.6 Å². The zero-order chi connectivity index (χ0) is 12.6. The lowest BCUT2D eigenvalue weighted by Gasteiger charge is -2.10. The highest BCUT2D eigenvalue weighted by Crippen LogP contribution is 2.38. The van der Waals surface area contributed by atoms with Crippen LogP contribution < -0.4 is 10.5 Å². The number of hydrogen-bond donors (Lipinski definition) is 2. The molecule has 1 aromatic carbocycles. The van der Waals surface area contributed by atoms with Crippen molar-refractivity contribution in [3.63, 3.8) is 0 Å². The molecule has 0 aliphatic heterocycles. The summed E-state index contributed by atoms with van der Waals surface area (Å²) in [5, 5.41) is 13.2. The van der Waals surface area contributed by atoms with Gasteiger partial charge < -0.3 is 20.1 Å². The topological polar surface area (TPSA) is 81.5 Å². The number of aromatic hydroxyl groups is 1. The number of nitrogens with two attached hydrogens (primary N) is 1. The average molecular weight is 238 g/mol.